The van der Waals surface area contributed by atoms with E-state index in [1.807, 2.05) is 6.92 Å². The molecule has 0 fully saturated rings. The van der Waals surface area contributed by atoms with Crippen LogP contribution in [-0.2, 0) is 14.3 Å². The fraction of sp³-hybridized carbons (Fsp3) is 0.467. The highest BCUT2D eigenvalue weighted by Crippen LogP contribution is 2.19. The lowest BCUT2D eigenvalue weighted by molar-refractivity contribution is -0.123. The maximum absolute atomic E-state index is 12.0. The van der Waals surface area contributed by atoms with Crippen LogP contribution in [0, 0.1) is 0 Å². The van der Waals surface area contributed by atoms with Crippen LogP contribution in [0.15, 0.2) is 24.3 Å². The number of carbonyl (C=O) groups is 2. The van der Waals surface area contributed by atoms with Crippen molar-refractivity contribution >= 4 is 23.4 Å². The summed E-state index contributed by atoms with van der Waals surface area (Å²) < 4.78 is 4.97. The van der Waals surface area contributed by atoms with Crippen LogP contribution in [0.25, 0.3) is 0 Å². The zero-order valence-electron chi connectivity index (χ0n) is 12.5. The Balaban J connectivity index is 2.72. The molecule has 116 valence electrons. The van der Waals surface area contributed by atoms with Gasteiger partial charge >= 0.3 is 0 Å². The number of ether oxygens (including phenoxy) is 1. The minimum Gasteiger partial charge on any atom is -0.383 e. The van der Waals surface area contributed by atoms with Crippen molar-refractivity contribution in [3.05, 3.63) is 34.9 Å². The van der Waals surface area contributed by atoms with Gasteiger partial charge in [0.15, 0.2) is 0 Å². The summed E-state index contributed by atoms with van der Waals surface area (Å²) in [4.78, 5) is 23.3. The second kappa shape index (κ2) is 8.64. The van der Waals surface area contributed by atoms with Crippen LogP contribution in [0.4, 0.5) is 0 Å². The number of benzene rings is 1. The third-order valence-electron chi connectivity index (χ3n) is 2.86. The minimum absolute atomic E-state index is 0.0781. The van der Waals surface area contributed by atoms with E-state index in [0.717, 1.165) is 5.56 Å². The Morgan fingerprint density at radius 3 is 2.38 bits per heavy atom. The first-order valence-corrected chi connectivity index (χ1v) is 7.11. The second-order valence-electron chi connectivity index (χ2n) is 4.93. The largest absolute Gasteiger partial charge is 0.383 e. The molecular weight excluding hydrogens is 292 g/mol. The van der Waals surface area contributed by atoms with E-state index in [-0.39, 0.29) is 30.3 Å². The van der Waals surface area contributed by atoms with Gasteiger partial charge in [-0.1, -0.05) is 23.7 Å². The summed E-state index contributed by atoms with van der Waals surface area (Å²) >= 11 is 5.85. The van der Waals surface area contributed by atoms with Crippen molar-refractivity contribution in [3.63, 3.8) is 0 Å². The van der Waals surface area contributed by atoms with Gasteiger partial charge in [-0.3, -0.25) is 9.59 Å². The van der Waals surface area contributed by atoms with Crippen molar-refractivity contribution in [2.45, 2.75) is 32.4 Å². The maximum atomic E-state index is 12.0. The molecule has 1 rings (SSSR count). The molecule has 0 bridgehead atoms. The van der Waals surface area contributed by atoms with Gasteiger partial charge in [0.2, 0.25) is 11.8 Å². The van der Waals surface area contributed by atoms with Crippen LogP contribution in [-0.4, -0.2) is 31.6 Å². The number of nitrogens with one attached hydrogen (secondary N) is 2. The number of hydrogen-bond acceptors (Lipinski definition) is 3. The lowest BCUT2D eigenvalue weighted by Gasteiger charge is -2.20. The third kappa shape index (κ3) is 6.60. The third-order valence-corrected chi connectivity index (χ3v) is 3.12. The molecule has 0 unspecified atom stereocenters. The zero-order chi connectivity index (χ0) is 15.8. The molecule has 1 aromatic rings. The van der Waals surface area contributed by atoms with E-state index in [0.29, 0.717) is 11.6 Å². The molecule has 21 heavy (non-hydrogen) atoms. The predicted octanol–water partition coefficient (Wildman–Crippen LogP) is 2.06. The van der Waals surface area contributed by atoms with E-state index in [2.05, 4.69) is 10.6 Å². The molecule has 5 nitrogen and oxygen atoms in total. The molecule has 0 aromatic heterocycles. The molecule has 0 aliphatic heterocycles. The van der Waals surface area contributed by atoms with Crippen LogP contribution < -0.4 is 10.6 Å². The highest BCUT2D eigenvalue weighted by molar-refractivity contribution is 6.30. The fourth-order valence-electron chi connectivity index (χ4n) is 2.00. The van der Waals surface area contributed by atoms with Crippen LogP contribution in [0.2, 0.25) is 5.02 Å². The van der Waals surface area contributed by atoms with E-state index in [4.69, 9.17) is 16.3 Å². The highest BCUT2D eigenvalue weighted by atomic mass is 35.5. The first kappa shape index (κ1) is 17.5. The van der Waals surface area contributed by atoms with Gasteiger partial charge in [-0.2, -0.15) is 0 Å². The van der Waals surface area contributed by atoms with E-state index >= 15 is 0 Å². The molecule has 2 N–H and O–H groups in total. The maximum Gasteiger partial charge on any atom is 0.222 e. The Morgan fingerprint density at radius 2 is 1.86 bits per heavy atom. The lowest BCUT2D eigenvalue weighted by atomic mass is 10.0. The average Bonchev–Trinajstić information content (AvgIpc) is 2.38. The van der Waals surface area contributed by atoms with Crippen molar-refractivity contribution in [3.8, 4) is 0 Å². The van der Waals surface area contributed by atoms with E-state index in [9.17, 15) is 9.59 Å². The molecular formula is C15H21ClN2O3. The first-order chi connectivity index (χ1) is 9.92. The van der Waals surface area contributed by atoms with E-state index < -0.39 is 0 Å². The minimum atomic E-state index is -0.380. The Morgan fingerprint density at radius 1 is 1.24 bits per heavy atom. The SMILES string of the molecule is COC[C@@H](C)NC(=O)C[C@@H](NC(C)=O)c1ccc(Cl)cc1. The monoisotopic (exact) mass is 312 g/mol. The summed E-state index contributed by atoms with van der Waals surface area (Å²) in [7, 11) is 1.58. The Hall–Kier alpha value is -1.59. The number of methoxy groups -OCH3 is 1. The zero-order valence-corrected chi connectivity index (χ0v) is 13.2. The fourth-order valence-corrected chi connectivity index (χ4v) is 2.13. The van der Waals surface area contributed by atoms with E-state index in [1.165, 1.54) is 6.92 Å². The standard InChI is InChI=1S/C15H21ClN2O3/c1-10(9-21-3)17-15(20)8-14(18-11(2)19)12-4-6-13(16)7-5-12/h4-7,10,14H,8-9H2,1-3H3,(H,17,20)(H,18,19)/t10-,14-/m1/s1. The number of hydrogen-bond donors (Lipinski definition) is 2. The van der Waals surface area contributed by atoms with Crippen molar-refractivity contribution in [1.82, 2.24) is 10.6 Å². The summed E-state index contributed by atoms with van der Waals surface area (Å²) in [5, 5.41) is 6.21. The first-order valence-electron chi connectivity index (χ1n) is 6.73. The van der Waals surface area contributed by atoms with E-state index in [1.54, 1.807) is 31.4 Å². The number of rotatable bonds is 7. The molecule has 6 heteroatoms. The van der Waals surface area contributed by atoms with Crippen molar-refractivity contribution in [2.75, 3.05) is 13.7 Å². The van der Waals surface area contributed by atoms with Gasteiger partial charge in [-0.15, -0.1) is 0 Å². The molecule has 0 saturated heterocycles. The van der Waals surface area contributed by atoms with Crippen LogP contribution in [0.5, 0.6) is 0 Å². The molecule has 1 aromatic carbocycles. The van der Waals surface area contributed by atoms with Gasteiger partial charge in [0.1, 0.15) is 0 Å². The van der Waals surface area contributed by atoms with Crippen LogP contribution in [0.3, 0.4) is 0 Å². The molecule has 0 aliphatic carbocycles. The molecule has 0 aliphatic rings. The van der Waals surface area contributed by atoms with Gasteiger partial charge in [-0.05, 0) is 24.6 Å². The number of amides is 2. The quantitative estimate of drug-likeness (QED) is 0.810. The highest BCUT2D eigenvalue weighted by Gasteiger charge is 2.18. The Bertz CT molecular complexity index is 476. The Kier molecular flexibility index (Phi) is 7.19. The van der Waals surface area contributed by atoms with Crippen molar-refractivity contribution in [1.29, 1.82) is 0 Å². The summed E-state index contributed by atoms with van der Waals surface area (Å²) in [6.45, 7) is 3.73. The molecule has 0 saturated carbocycles. The molecule has 0 spiro atoms. The van der Waals surface area contributed by atoms with Gasteiger partial charge in [-0.25, -0.2) is 0 Å². The molecule has 2 atom stereocenters. The summed E-state index contributed by atoms with van der Waals surface area (Å²) in [6.07, 6.45) is 0.162. The molecule has 2 amide bonds. The number of halogens is 1. The predicted molar refractivity (Wildman–Crippen MR) is 82.1 cm³/mol. The van der Waals surface area contributed by atoms with Crippen molar-refractivity contribution in [2.24, 2.45) is 0 Å². The van der Waals surface area contributed by atoms with Crippen molar-refractivity contribution < 1.29 is 14.3 Å². The van der Waals surface area contributed by atoms with Gasteiger partial charge in [0, 0.05) is 25.1 Å². The second-order valence-corrected chi connectivity index (χ2v) is 5.37. The summed E-state index contributed by atoms with van der Waals surface area (Å²) in [6, 6.07) is 6.61. The van der Waals surface area contributed by atoms with Crippen LogP contribution >= 0.6 is 11.6 Å². The van der Waals surface area contributed by atoms with Gasteiger partial charge < -0.3 is 15.4 Å². The average molecular weight is 313 g/mol. The smallest absolute Gasteiger partial charge is 0.222 e. The van der Waals surface area contributed by atoms with Crippen LogP contribution in [0.1, 0.15) is 31.9 Å². The lowest BCUT2D eigenvalue weighted by Crippen LogP contribution is -2.38. The normalized spacial score (nSPS) is 13.3. The van der Waals surface area contributed by atoms with Gasteiger partial charge in [0.25, 0.3) is 0 Å². The summed E-state index contributed by atoms with van der Waals surface area (Å²) in [5.74, 6) is -0.332. The molecule has 0 radical (unpaired) electrons. The summed E-state index contributed by atoms with van der Waals surface area (Å²) in [5.41, 5.74) is 0.837. The molecule has 0 heterocycles. The topological polar surface area (TPSA) is 67.4 Å². The van der Waals surface area contributed by atoms with Gasteiger partial charge in [0.05, 0.1) is 19.1 Å². The Labute approximate surface area is 130 Å². The number of carbonyl (C=O) groups excluding carboxylic acids is 2.